The van der Waals surface area contributed by atoms with E-state index in [9.17, 15) is 9.90 Å². The Morgan fingerprint density at radius 2 is 2.05 bits per heavy atom. The number of nitrogens with zero attached hydrogens (tertiary/aromatic N) is 6. The van der Waals surface area contributed by atoms with Crippen molar-refractivity contribution in [2.45, 2.75) is 51.0 Å². The van der Waals surface area contributed by atoms with Crippen LogP contribution in [0, 0.1) is 0 Å². The highest BCUT2D eigenvalue weighted by atomic mass is 32.1. The van der Waals surface area contributed by atoms with Crippen LogP contribution in [-0.4, -0.2) is 40.9 Å². The summed E-state index contributed by atoms with van der Waals surface area (Å²) in [4.78, 5) is 12.4. The van der Waals surface area contributed by atoms with E-state index in [-0.39, 0.29) is 5.41 Å². The molecule has 9 heteroatoms. The Labute approximate surface area is 125 Å². The molecule has 0 saturated heterocycles. The normalized spacial score (nSPS) is 17.5. The van der Waals surface area contributed by atoms with Crippen LogP contribution >= 0.6 is 11.5 Å². The molecule has 0 aliphatic heterocycles. The number of hydrogen-bond acceptors (Lipinski definition) is 7. The molecule has 21 heavy (non-hydrogen) atoms. The van der Waals surface area contributed by atoms with Crippen molar-refractivity contribution in [3.63, 3.8) is 0 Å². The van der Waals surface area contributed by atoms with Crippen LogP contribution in [-0.2, 0) is 15.7 Å². The van der Waals surface area contributed by atoms with Gasteiger partial charge in [-0.05, 0) is 41.2 Å². The maximum Gasteiger partial charge on any atom is 0.331 e. The molecule has 8 nitrogen and oxygen atoms in total. The molecule has 1 fully saturated rings. The van der Waals surface area contributed by atoms with Gasteiger partial charge in [-0.15, -0.1) is 10.2 Å². The highest BCUT2D eigenvalue weighted by molar-refractivity contribution is 7.09. The van der Waals surface area contributed by atoms with E-state index in [4.69, 9.17) is 0 Å². The van der Waals surface area contributed by atoms with Crippen LogP contribution in [0.3, 0.4) is 0 Å². The zero-order chi connectivity index (χ0) is 15.3. The van der Waals surface area contributed by atoms with Gasteiger partial charge in [-0.25, -0.2) is 9.48 Å². The lowest BCUT2D eigenvalue weighted by Gasteiger charge is -2.37. The van der Waals surface area contributed by atoms with Gasteiger partial charge in [0.05, 0.1) is 5.69 Å². The topological polar surface area (TPSA) is 107 Å². The van der Waals surface area contributed by atoms with Crippen molar-refractivity contribution in [2.75, 3.05) is 0 Å². The Bertz CT molecular complexity index is 682. The molecule has 0 unspecified atom stereocenters. The summed E-state index contributed by atoms with van der Waals surface area (Å²) in [7, 11) is 0. The van der Waals surface area contributed by atoms with Crippen molar-refractivity contribution in [1.82, 2.24) is 29.8 Å². The van der Waals surface area contributed by atoms with Crippen molar-refractivity contribution in [3.8, 4) is 10.7 Å². The van der Waals surface area contributed by atoms with Crippen LogP contribution in [0.1, 0.15) is 45.7 Å². The fraction of sp³-hybridized carbons (Fsp3) is 0.667. The molecule has 0 spiro atoms. The summed E-state index contributed by atoms with van der Waals surface area (Å²) in [6, 6.07) is 0. The summed E-state index contributed by atoms with van der Waals surface area (Å²) in [5.41, 5.74) is -0.462. The average Bonchev–Trinajstić information content (AvgIpc) is 2.91. The van der Waals surface area contributed by atoms with Gasteiger partial charge in [-0.1, -0.05) is 25.3 Å². The average molecular weight is 308 g/mol. The van der Waals surface area contributed by atoms with E-state index in [1.807, 2.05) is 20.8 Å². The van der Waals surface area contributed by atoms with Gasteiger partial charge < -0.3 is 5.11 Å². The third-order valence-corrected chi connectivity index (χ3v) is 4.58. The van der Waals surface area contributed by atoms with E-state index in [0.29, 0.717) is 18.7 Å². The van der Waals surface area contributed by atoms with Crippen LogP contribution in [0.25, 0.3) is 10.7 Å². The molecule has 1 N–H and O–H groups in total. The van der Waals surface area contributed by atoms with Gasteiger partial charge in [0.25, 0.3) is 0 Å². The van der Waals surface area contributed by atoms with Crippen LogP contribution < -0.4 is 0 Å². The Kier molecular flexibility index (Phi) is 3.05. The molecule has 2 aromatic rings. The molecule has 0 radical (unpaired) electrons. The van der Waals surface area contributed by atoms with Gasteiger partial charge in [0.15, 0.2) is 11.4 Å². The maximum atomic E-state index is 11.7. The van der Waals surface area contributed by atoms with Crippen molar-refractivity contribution in [1.29, 1.82) is 0 Å². The summed E-state index contributed by atoms with van der Waals surface area (Å²) in [5, 5.41) is 25.4. The number of aliphatic carboxylic acids is 1. The number of carbonyl (C=O) groups is 1. The van der Waals surface area contributed by atoms with Gasteiger partial charge in [0.1, 0.15) is 4.88 Å². The second kappa shape index (κ2) is 4.55. The molecular weight excluding hydrogens is 292 g/mol. The molecule has 0 amide bonds. The highest BCUT2D eigenvalue weighted by Crippen LogP contribution is 2.42. The summed E-state index contributed by atoms with van der Waals surface area (Å²) in [6.07, 6.45) is 1.94. The van der Waals surface area contributed by atoms with Crippen LogP contribution in [0.2, 0.25) is 0 Å². The minimum Gasteiger partial charge on any atom is -0.479 e. The first-order chi connectivity index (χ1) is 9.86. The third kappa shape index (κ3) is 2.03. The van der Waals surface area contributed by atoms with Crippen LogP contribution in [0.5, 0.6) is 0 Å². The lowest BCUT2D eigenvalue weighted by molar-refractivity contribution is -0.153. The first-order valence-electron chi connectivity index (χ1n) is 6.72. The van der Waals surface area contributed by atoms with Crippen LogP contribution in [0.15, 0.2) is 0 Å². The molecule has 0 aromatic carbocycles. The van der Waals surface area contributed by atoms with Gasteiger partial charge in [-0.2, -0.15) is 0 Å². The lowest BCUT2D eigenvalue weighted by Crippen LogP contribution is -2.48. The molecule has 112 valence electrons. The number of carboxylic acid groups (broad SMARTS) is 1. The minimum atomic E-state index is -1.03. The largest absolute Gasteiger partial charge is 0.479 e. The monoisotopic (exact) mass is 308 g/mol. The number of tetrazole rings is 1. The maximum absolute atomic E-state index is 11.7. The summed E-state index contributed by atoms with van der Waals surface area (Å²) in [5.74, 6) is -0.450. The van der Waals surface area contributed by atoms with Gasteiger partial charge in [0.2, 0.25) is 0 Å². The fourth-order valence-electron chi connectivity index (χ4n) is 2.47. The van der Waals surface area contributed by atoms with E-state index in [1.54, 1.807) is 0 Å². The fourth-order valence-corrected chi connectivity index (χ4v) is 3.32. The second-order valence-electron chi connectivity index (χ2n) is 6.31. The molecule has 1 aliphatic rings. The predicted octanol–water partition coefficient (Wildman–Crippen LogP) is 1.45. The SMILES string of the molecule is CC(C)(C)c1nnsc1-c1nnnn1C1(C(=O)O)CCC1. The lowest BCUT2D eigenvalue weighted by atomic mass is 9.76. The van der Waals surface area contributed by atoms with E-state index < -0.39 is 11.5 Å². The molecular formula is C12H16N6O2S. The van der Waals surface area contributed by atoms with Crippen LogP contribution in [0.4, 0.5) is 0 Å². The first-order valence-corrected chi connectivity index (χ1v) is 7.49. The zero-order valence-corrected chi connectivity index (χ0v) is 12.9. The Morgan fingerprint density at radius 3 is 2.57 bits per heavy atom. The zero-order valence-electron chi connectivity index (χ0n) is 12.1. The molecule has 0 atom stereocenters. The number of hydrogen-bond donors (Lipinski definition) is 1. The van der Waals surface area contributed by atoms with E-state index in [1.165, 1.54) is 16.2 Å². The summed E-state index contributed by atoms with van der Waals surface area (Å²) >= 11 is 1.19. The molecule has 1 aliphatic carbocycles. The smallest absolute Gasteiger partial charge is 0.331 e. The Hall–Kier alpha value is -1.90. The number of rotatable bonds is 3. The molecule has 2 aromatic heterocycles. The van der Waals surface area contributed by atoms with Gasteiger partial charge in [0, 0.05) is 5.41 Å². The van der Waals surface area contributed by atoms with Gasteiger partial charge in [-0.3, -0.25) is 0 Å². The molecule has 3 rings (SSSR count). The van der Waals surface area contributed by atoms with E-state index in [2.05, 4.69) is 25.1 Å². The van der Waals surface area contributed by atoms with Crippen molar-refractivity contribution in [2.24, 2.45) is 0 Å². The minimum absolute atomic E-state index is 0.213. The number of aromatic nitrogens is 6. The standard InChI is InChI=1S/C12H16N6O2S/c1-11(2,3)8-7(21-17-13-8)9-14-15-16-18(9)12(10(19)20)5-4-6-12/h4-6H2,1-3H3,(H,19,20). The molecule has 0 bridgehead atoms. The Balaban J connectivity index is 2.13. The molecule has 2 heterocycles. The predicted molar refractivity (Wildman–Crippen MR) is 74.9 cm³/mol. The Morgan fingerprint density at radius 1 is 1.33 bits per heavy atom. The van der Waals surface area contributed by atoms with Gasteiger partial charge >= 0.3 is 5.97 Å². The molecule has 1 saturated carbocycles. The van der Waals surface area contributed by atoms with Crippen molar-refractivity contribution in [3.05, 3.63) is 5.69 Å². The van der Waals surface area contributed by atoms with E-state index in [0.717, 1.165) is 17.0 Å². The van der Waals surface area contributed by atoms with Crippen molar-refractivity contribution < 1.29 is 9.90 Å². The third-order valence-electron chi connectivity index (χ3n) is 3.86. The summed E-state index contributed by atoms with van der Waals surface area (Å²) < 4.78 is 5.43. The second-order valence-corrected chi connectivity index (χ2v) is 7.06. The summed E-state index contributed by atoms with van der Waals surface area (Å²) in [6.45, 7) is 6.08. The van der Waals surface area contributed by atoms with Crippen molar-refractivity contribution >= 4 is 17.5 Å². The highest BCUT2D eigenvalue weighted by Gasteiger charge is 2.49. The first kappa shape index (κ1) is 14.1. The number of carboxylic acids is 1. The quantitative estimate of drug-likeness (QED) is 0.914. The van der Waals surface area contributed by atoms with E-state index >= 15 is 0 Å².